The Hall–Kier alpha value is -3.72. The molecule has 1 heterocycles. The van der Waals surface area contributed by atoms with Gasteiger partial charge in [0.25, 0.3) is 11.8 Å². The van der Waals surface area contributed by atoms with Gasteiger partial charge in [-0.25, -0.2) is 4.79 Å². The van der Waals surface area contributed by atoms with Crippen molar-refractivity contribution in [3.63, 3.8) is 0 Å². The molecule has 1 aliphatic rings. The lowest BCUT2D eigenvalue weighted by molar-refractivity contribution is -0.144. The van der Waals surface area contributed by atoms with E-state index in [2.05, 4.69) is 5.32 Å². The molecule has 1 aliphatic heterocycles. The van der Waals surface area contributed by atoms with Gasteiger partial charge in [0.2, 0.25) is 0 Å². The van der Waals surface area contributed by atoms with Crippen LogP contribution in [0.25, 0.3) is 6.08 Å². The first-order valence-electron chi connectivity index (χ1n) is 8.86. The quantitative estimate of drug-likeness (QED) is 0.415. The van der Waals surface area contributed by atoms with Crippen molar-refractivity contribution in [2.45, 2.75) is 13.0 Å². The number of nitrogens with zero attached hydrogens (tertiary/aromatic N) is 1. The van der Waals surface area contributed by atoms with Crippen LogP contribution >= 0.6 is 12.2 Å². The summed E-state index contributed by atoms with van der Waals surface area (Å²) in [5.74, 6) is -1.81. The minimum atomic E-state index is -1.12. The molecule has 2 amide bonds. The average molecular weight is 426 g/mol. The van der Waals surface area contributed by atoms with Crippen LogP contribution in [0.1, 0.15) is 12.5 Å². The Bertz CT molecular complexity index is 1050. The first kappa shape index (κ1) is 21.0. The van der Waals surface area contributed by atoms with Gasteiger partial charge < -0.3 is 14.6 Å². The standard InChI is InChI=1S/C21H18N2O6S/c1-12(20(26)27)29-16-9-8-13(11-17(16)28-2)10-15-18(24)22-21(30)23(19(15)25)14-6-4-3-5-7-14/h3-12H,1-2H3,(H,26,27)(H,22,24,30)/b15-10+/t12-/m0/s1. The maximum Gasteiger partial charge on any atom is 0.344 e. The van der Waals surface area contributed by atoms with Crippen molar-refractivity contribution < 1.29 is 29.0 Å². The topological polar surface area (TPSA) is 105 Å². The number of carbonyl (C=O) groups excluding carboxylic acids is 2. The number of benzene rings is 2. The Morgan fingerprint density at radius 1 is 1.17 bits per heavy atom. The molecule has 0 bridgehead atoms. The highest BCUT2D eigenvalue weighted by Crippen LogP contribution is 2.30. The summed E-state index contributed by atoms with van der Waals surface area (Å²) in [6, 6.07) is 13.4. The minimum Gasteiger partial charge on any atom is -0.493 e. The van der Waals surface area contributed by atoms with E-state index >= 15 is 0 Å². The second-order valence-corrected chi connectivity index (χ2v) is 6.69. The molecule has 0 saturated carbocycles. The summed E-state index contributed by atoms with van der Waals surface area (Å²) in [7, 11) is 1.40. The largest absolute Gasteiger partial charge is 0.493 e. The van der Waals surface area contributed by atoms with E-state index in [9.17, 15) is 14.4 Å². The molecule has 0 spiro atoms. The van der Waals surface area contributed by atoms with E-state index in [4.69, 9.17) is 26.8 Å². The smallest absolute Gasteiger partial charge is 0.344 e. The molecule has 2 N–H and O–H groups in total. The molecule has 0 aliphatic carbocycles. The zero-order valence-corrected chi connectivity index (χ0v) is 16.9. The first-order chi connectivity index (χ1) is 14.3. The molecule has 1 saturated heterocycles. The number of nitrogens with one attached hydrogen (secondary N) is 1. The van der Waals surface area contributed by atoms with Gasteiger partial charge in [-0.3, -0.25) is 19.8 Å². The number of carboxylic acids is 1. The zero-order chi connectivity index (χ0) is 21.8. The van der Waals surface area contributed by atoms with Crippen LogP contribution in [0, 0.1) is 0 Å². The van der Waals surface area contributed by atoms with Crippen LogP contribution in [-0.4, -0.2) is 41.2 Å². The predicted octanol–water partition coefficient (Wildman–Crippen LogP) is 2.38. The van der Waals surface area contributed by atoms with Gasteiger partial charge in [-0.05, 0) is 55.0 Å². The van der Waals surface area contributed by atoms with Crippen molar-refractivity contribution in [2.24, 2.45) is 0 Å². The first-order valence-corrected chi connectivity index (χ1v) is 9.26. The number of thiocarbonyl (C=S) groups is 1. The fourth-order valence-electron chi connectivity index (χ4n) is 2.75. The molecule has 8 nitrogen and oxygen atoms in total. The summed E-state index contributed by atoms with van der Waals surface area (Å²) in [6.45, 7) is 1.39. The molecular weight excluding hydrogens is 408 g/mol. The number of para-hydroxylation sites is 1. The highest BCUT2D eigenvalue weighted by molar-refractivity contribution is 7.80. The van der Waals surface area contributed by atoms with Crippen molar-refractivity contribution in [1.29, 1.82) is 0 Å². The van der Waals surface area contributed by atoms with E-state index in [0.29, 0.717) is 11.3 Å². The fraction of sp³-hybridized carbons (Fsp3) is 0.143. The van der Waals surface area contributed by atoms with Crippen molar-refractivity contribution in [3.8, 4) is 11.5 Å². The molecular formula is C21H18N2O6S. The molecule has 0 aromatic heterocycles. The number of methoxy groups -OCH3 is 1. The summed E-state index contributed by atoms with van der Waals surface area (Å²) < 4.78 is 10.6. The monoisotopic (exact) mass is 426 g/mol. The number of aliphatic carboxylic acids is 1. The van der Waals surface area contributed by atoms with Crippen molar-refractivity contribution in [2.75, 3.05) is 12.0 Å². The summed E-state index contributed by atoms with van der Waals surface area (Å²) in [6.07, 6.45) is 0.330. The summed E-state index contributed by atoms with van der Waals surface area (Å²) in [4.78, 5) is 37.6. The number of amides is 2. The third kappa shape index (κ3) is 4.31. The van der Waals surface area contributed by atoms with E-state index in [1.807, 2.05) is 0 Å². The van der Waals surface area contributed by atoms with Crippen LogP contribution in [0.3, 0.4) is 0 Å². The Labute approximate surface area is 177 Å². The van der Waals surface area contributed by atoms with Gasteiger partial charge in [-0.15, -0.1) is 0 Å². The summed E-state index contributed by atoms with van der Waals surface area (Å²) >= 11 is 5.16. The maximum atomic E-state index is 13.0. The van der Waals surface area contributed by atoms with Crippen LogP contribution in [0.4, 0.5) is 5.69 Å². The Morgan fingerprint density at radius 2 is 1.87 bits per heavy atom. The number of ether oxygens (including phenoxy) is 2. The molecule has 1 fully saturated rings. The number of hydrogen-bond donors (Lipinski definition) is 2. The summed E-state index contributed by atoms with van der Waals surface area (Å²) in [5.41, 5.74) is 0.908. The second-order valence-electron chi connectivity index (χ2n) is 6.30. The van der Waals surface area contributed by atoms with Crippen LogP contribution in [0.2, 0.25) is 0 Å². The van der Waals surface area contributed by atoms with E-state index in [1.165, 1.54) is 37.1 Å². The number of carbonyl (C=O) groups is 3. The lowest BCUT2D eigenvalue weighted by atomic mass is 10.1. The van der Waals surface area contributed by atoms with Crippen LogP contribution < -0.4 is 19.7 Å². The third-order valence-electron chi connectivity index (χ3n) is 4.27. The molecule has 2 aromatic carbocycles. The number of rotatable bonds is 6. The van der Waals surface area contributed by atoms with Crippen molar-refractivity contribution in [1.82, 2.24) is 5.32 Å². The van der Waals surface area contributed by atoms with Gasteiger partial charge >= 0.3 is 5.97 Å². The van der Waals surface area contributed by atoms with E-state index < -0.39 is 23.9 Å². The number of anilines is 1. The normalized spacial score (nSPS) is 16.3. The van der Waals surface area contributed by atoms with E-state index in [0.717, 1.165) is 0 Å². The lowest BCUT2D eigenvalue weighted by Gasteiger charge is -2.28. The molecule has 9 heteroatoms. The predicted molar refractivity (Wildman–Crippen MR) is 113 cm³/mol. The fourth-order valence-corrected chi connectivity index (χ4v) is 3.03. The van der Waals surface area contributed by atoms with Crippen LogP contribution in [0.5, 0.6) is 11.5 Å². The Morgan fingerprint density at radius 3 is 2.50 bits per heavy atom. The average Bonchev–Trinajstić information content (AvgIpc) is 2.72. The maximum absolute atomic E-state index is 13.0. The molecule has 0 unspecified atom stereocenters. The highest BCUT2D eigenvalue weighted by atomic mass is 32.1. The zero-order valence-electron chi connectivity index (χ0n) is 16.1. The van der Waals surface area contributed by atoms with Gasteiger partial charge in [0.05, 0.1) is 12.8 Å². The van der Waals surface area contributed by atoms with Gasteiger partial charge in [0, 0.05) is 0 Å². The molecule has 154 valence electrons. The van der Waals surface area contributed by atoms with Gasteiger partial charge in [0.1, 0.15) is 5.57 Å². The Kier molecular flexibility index (Phi) is 6.12. The summed E-state index contributed by atoms with van der Waals surface area (Å²) in [5, 5.41) is 11.5. The van der Waals surface area contributed by atoms with Crippen LogP contribution in [0.15, 0.2) is 54.1 Å². The van der Waals surface area contributed by atoms with Gasteiger partial charge in [-0.1, -0.05) is 24.3 Å². The number of hydrogen-bond acceptors (Lipinski definition) is 6. The third-order valence-corrected chi connectivity index (χ3v) is 4.55. The van der Waals surface area contributed by atoms with Crippen molar-refractivity contribution >= 4 is 46.9 Å². The second kappa shape index (κ2) is 8.75. The SMILES string of the molecule is COc1cc(/C=C2\C(=O)NC(=S)N(c3ccccc3)C2=O)ccc1O[C@@H](C)C(=O)O. The minimum absolute atomic E-state index is 0.00247. The molecule has 30 heavy (non-hydrogen) atoms. The van der Waals surface area contributed by atoms with Gasteiger partial charge in [-0.2, -0.15) is 0 Å². The van der Waals surface area contributed by atoms with Crippen molar-refractivity contribution in [3.05, 3.63) is 59.7 Å². The molecule has 3 rings (SSSR count). The lowest BCUT2D eigenvalue weighted by Crippen LogP contribution is -2.54. The Balaban J connectivity index is 1.94. The molecule has 1 atom stereocenters. The molecule has 0 radical (unpaired) electrons. The number of carboxylic acid groups (broad SMARTS) is 1. The van der Waals surface area contributed by atoms with Crippen LogP contribution in [-0.2, 0) is 14.4 Å². The molecule has 2 aromatic rings. The van der Waals surface area contributed by atoms with Gasteiger partial charge in [0.15, 0.2) is 22.7 Å². The van der Waals surface area contributed by atoms with E-state index in [1.54, 1.807) is 36.4 Å². The van der Waals surface area contributed by atoms with E-state index in [-0.39, 0.29) is 22.2 Å². The highest BCUT2D eigenvalue weighted by Gasteiger charge is 2.34.